The third kappa shape index (κ3) is 3.46. The molecular weight excluding hydrogens is 290 g/mol. The number of nitrogens with two attached hydrogens (primary N) is 2. The fourth-order valence-corrected chi connectivity index (χ4v) is 2.39. The molecule has 1 aromatic carbocycles. The molecule has 112 valence electrons. The minimum absolute atomic E-state index is 0.377. The summed E-state index contributed by atoms with van der Waals surface area (Å²) in [6, 6.07) is 5.00. The molecule has 0 aliphatic carbocycles. The molecule has 0 aliphatic heterocycles. The molecule has 0 bridgehead atoms. The first kappa shape index (κ1) is 15.2. The number of hydrogen-bond acceptors (Lipinski definition) is 7. The molecule has 0 saturated heterocycles. The quantitative estimate of drug-likeness (QED) is 0.490. The monoisotopic (exact) mass is 307 g/mol. The van der Waals surface area contributed by atoms with Crippen LogP contribution in [-0.4, -0.2) is 27.4 Å². The molecule has 0 unspecified atom stereocenters. The van der Waals surface area contributed by atoms with Gasteiger partial charge in [0.1, 0.15) is 5.82 Å². The lowest BCUT2D eigenvalue weighted by molar-refractivity contribution is 0.0505. The highest BCUT2D eigenvalue weighted by Crippen LogP contribution is 2.31. The van der Waals surface area contributed by atoms with E-state index in [0.29, 0.717) is 28.8 Å². The molecule has 0 aliphatic rings. The number of aryl methyl sites for hydroxylation is 1. The molecule has 4 N–H and O–H groups in total. The molecule has 1 aromatic heterocycles. The normalized spacial score (nSPS) is 10.6. The van der Waals surface area contributed by atoms with Gasteiger partial charge in [-0.2, -0.15) is 0 Å². The zero-order valence-electron chi connectivity index (χ0n) is 11.9. The van der Waals surface area contributed by atoms with Crippen LogP contribution >= 0.6 is 11.8 Å². The average molecular weight is 307 g/mol. The third-order valence-electron chi connectivity index (χ3n) is 2.72. The number of rotatable bonds is 5. The number of carbonyl (C=O) groups is 1. The minimum Gasteiger partial charge on any atom is -0.462 e. The zero-order valence-corrected chi connectivity index (χ0v) is 12.7. The Balaban J connectivity index is 2.16. The number of ether oxygens (including phenoxy) is 1. The van der Waals surface area contributed by atoms with Gasteiger partial charge in [0.25, 0.3) is 0 Å². The first-order valence-corrected chi connectivity index (χ1v) is 7.26. The highest BCUT2D eigenvalue weighted by molar-refractivity contribution is 7.99. The SMILES string of the molecule is CCCOC(=O)c1ccc(Sc2nnc(C)n2N)c(N)c1. The predicted molar refractivity (Wildman–Crippen MR) is 80.5 cm³/mol. The van der Waals surface area contributed by atoms with Crippen molar-refractivity contribution in [3.05, 3.63) is 29.6 Å². The number of nitrogens with zero attached hydrogens (tertiary/aromatic N) is 3. The van der Waals surface area contributed by atoms with Crippen molar-refractivity contribution in [2.45, 2.75) is 30.3 Å². The molecule has 2 rings (SSSR count). The van der Waals surface area contributed by atoms with E-state index in [-0.39, 0.29) is 5.97 Å². The highest BCUT2D eigenvalue weighted by Gasteiger charge is 2.13. The number of hydrogen-bond donors (Lipinski definition) is 2. The fraction of sp³-hybridized carbons (Fsp3) is 0.308. The summed E-state index contributed by atoms with van der Waals surface area (Å²) in [4.78, 5) is 12.5. The summed E-state index contributed by atoms with van der Waals surface area (Å²) in [7, 11) is 0. The highest BCUT2D eigenvalue weighted by atomic mass is 32.2. The van der Waals surface area contributed by atoms with Crippen molar-refractivity contribution in [1.82, 2.24) is 14.9 Å². The van der Waals surface area contributed by atoms with Crippen LogP contribution in [0.5, 0.6) is 0 Å². The second-order valence-corrected chi connectivity index (χ2v) is 5.40. The molecule has 2 aromatic rings. The molecular formula is C13H17N5O2S. The Morgan fingerprint density at radius 3 is 2.76 bits per heavy atom. The lowest BCUT2D eigenvalue weighted by Gasteiger charge is -2.08. The molecule has 1 heterocycles. The van der Waals surface area contributed by atoms with Gasteiger partial charge in [-0.3, -0.25) is 0 Å². The summed E-state index contributed by atoms with van der Waals surface area (Å²) in [5, 5.41) is 8.36. The fourth-order valence-electron chi connectivity index (χ4n) is 1.56. The van der Waals surface area contributed by atoms with Crippen LogP contribution in [0.15, 0.2) is 28.3 Å². The van der Waals surface area contributed by atoms with Gasteiger partial charge in [0, 0.05) is 10.6 Å². The Labute approximate surface area is 126 Å². The molecule has 8 heteroatoms. The van der Waals surface area contributed by atoms with Crippen molar-refractivity contribution in [2.75, 3.05) is 18.2 Å². The maximum Gasteiger partial charge on any atom is 0.338 e. The van der Waals surface area contributed by atoms with Crippen molar-refractivity contribution < 1.29 is 9.53 Å². The molecule has 0 atom stereocenters. The number of anilines is 1. The van der Waals surface area contributed by atoms with Gasteiger partial charge in [0.2, 0.25) is 5.16 Å². The van der Waals surface area contributed by atoms with Crippen molar-refractivity contribution in [2.24, 2.45) is 0 Å². The van der Waals surface area contributed by atoms with Crippen LogP contribution < -0.4 is 11.6 Å². The maximum atomic E-state index is 11.8. The van der Waals surface area contributed by atoms with Crippen LogP contribution in [0.3, 0.4) is 0 Å². The number of benzene rings is 1. The maximum absolute atomic E-state index is 11.8. The predicted octanol–water partition coefficient (Wildman–Crippen LogP) is 1.60. The van der Waals surface area contributed by atoms with Crippen LogP contribution in [0, 0.1) is 6.92 Å². The number of nitrogen functional groups attached to an aromatic ring is 2. The van der Waals surface area contributed by atoms with Gasteiger partial charge in [0.15, 0.2) is 0 Å². The molecule has 0 fully saturated rings. The van der Waals surface area contributed by atoms with Crippen LogP contribution in [0.4, 0.5) is 5.69 Å². The van der Waals surface area contributed by atoms with Gasteiger partial charge < -0.3 is 16.3 Å². The van der Waals surface area contributed by atoms with E-state index in [1.807, 2.05) is 6.92 Å². The van der Waals surface area contributed by atoms with E-state index < -0.39 is 0 Å². The first-order chi connectivity index (χ1) is 10.0. The first-order valence-electron chi connectivity index (χ1n) is 6.44. The van der Waals surface area contributed by atoms with Crippen molar-refractivity contribution in [3.8, 4) is 0 Å². The summed E-state index contributed by atoms with van der Waals surface area (Å²) in [5.41, 5.74) is 6.86. The molecule has 0 radical (unpaired) electrons. The van der Waals surface area contributed by atoms with Gasteiger partial charge in [-0.05, 0) is 43.3 Å². The number of aromatic nitrogens is 3. The van der Waals surface area contributed by atoms with Crippen LogP contribution in [-0.2, 0) is 4.74 Å². The lowest BCUT2D eigenvalue weighted by Crippen LogP contribution is -2.11. The van der Waals surface area contributed by atoms with E-state index in [0.717, 1.165) is 11.3 Å². The van der Waals surface area contributed by atoms with Crippen LogP contribution in [0.1, 0.15) is 29.5 Å². The molecule has 0 amide bonds. The van der Waals surface area contributed by atoms with Gasteiger partial charge in [-0.15, -0.1) is 10.2 Å². The summed E-state index contributed by atoms with van der Waals surface area (Å²) >= 11 is 1.29. The average Bonchev–Trinajstić information content (AvgIpc) is 2.78. The Hall–Kier alpha value is -2.22. The van der Waals surface area contributed by atoms with E-state index in [1.165, 1.54) is 16.4 Å². The summed E-state index contributed by atoms with van der Waals surface area (Å²) in [5.74, 6) is 6.02. The van der Waals surface area contributed by atoms with Crippen LogP contribution in [0.2, 0.25) is 0 Å². The molecule has 7 nitrogen and oxygen atoms in total. The molecule has 21 heavy (non-hydrogen) atoms. The number of carbonyl (C=O) groups excluding carboxylic acids is 1. The van der Waals surface area contributed by atoms with Gasteiger partial charge in [0.05, 0.1) is 12.2 Å². The Morgan fingerprint density at radius 2 is 2.19 bits per heavy atom. The van der Waals surface area contributed by atoms with Crippen LogP contribution in [0.25, 0.3) is 0 Å². The standard InChI is InChI=1S/C13H17N5O2S/c1-3-6-20-12(19)9-4-5-11(10(14)7-9)21-13-17-16-8(2)18(13)15/h4-5,7H,3,6,14-15H2,1-2H3. The summed E-state index contributed by atoms with van der Waals surface area (Å²) < 4.78 is 6.45. The third-order valence-corrected chi connectivity index (χ3v) is 3.77. The lowest BCUT2D eigenvalue weighted by atomic mass is 10.2. The van der Waals surface area contributed by atoms with Crippen molar-refractivity contribution in [1.29, 1.82) is 0 Å². The molecule has 0 saturated carbocycles. The van der Waals surface area contributed by atoms with Gasteiger partial charge >= 0.3 is 5.97 Å². The second kappa shape index (κ2) is 6.49. The largest absolute Gasteiger partial charge is 0.462 e. The van der Waals surface area contributed by atoms with Gasteiger partial charge in [-0.1, -0.05) is 6.92 Å². The van der Waals surface area contributed by atoms with Gasteiger partial charge in [-0.25, -0.2) is 9.47 Å². The topological polar surface area (TPSA) is 109 Å². The van der Waals surface area contributed by atoms with E-state index >= 15 is 0 Å². The Morgan fingerprint density at radius 1 is 1.43 bits per heavy atom. The summed E-state index contributed by atoms with van der Waals surface area (Å²) in [6.07, 6.45) is 0.778. The van der Waals surface area contributed by atoms with E-state index in [2.05, 4.69) is 10.2 Å². The van der Waals surface area contributed by atoms with Crippen molar-refractivity contribution in [3.63, 3.8) is 0 Å². The molecule has 0 spiro atoms. The van der Waals surface area contributed by atoms with E-state index in [1.54, 1.807) is 25.1 Å². The number of esters is 1. The van der Waals surface area contributed by atoms with E-state index in [9.17, 15) is 4.79 Å². The minimum atomic E-state index is -0.377. The van der Waals surface area contributed by atoms with Crippen molar-refractivity contribution >= 4 is 23.4 Å². The van der Waals surface area contributed by atoms with E-state index in [4.69, 9.17) is 16.3 Å². The summed E-state index contributed by atoms with van der Waals surface area (Å²) in [6.45, 7) is 4.09. The second-order valence-electron chi connectivity index (χ2n) is 4.39. The zero-order chi connectivity index (χ0) is 15.4. The Bertz CT molecular complexity index is 656. The smallest absolute Gasteiger partial charge is 0.338 e. The Kier molecular flexibility index (Phi) is 4.69.